The Kier molecular flexibility index (Phi) is 3.84. The molecule has 0 atom stereocenters. The highest BCUT2D eigenvalue weighted by atomic mass is 16.6. The van der Waals surface area contributed by atoms with E-state index in [0.717, 1.165) is 11.3 Å². The molecule has 0 radical (unpaired) electrons. The van der Waals surface area contributed by atoms with Gasteiger partial charge in [0.25, 0.3) is 5.69 Å². The molecule has 2 aromatic rings. The van der Waals surface area contributed by atoms with Crippen molar-refractivity contribution in [3.8, 4) is 11.3 Å². The summed E-state index contributed by atoms with van der Waals surface area (Å²) in [5.41, 5.74) is 2.12. The summed E-state index contributed by atoms with van der Waals surface area (Å²) in [4.78, 5) is 17.0. The van der Waals surface area contributed by atoms with Crippen LogP contribution in [0.2, 0.25) is 0 Å². The maximum atomic E-state index is 11.1. The zero-order chi connectivity index (χ0) is 14.7. The minimum atomic E-state index is -0.415. The second kappa shape index (κ2) is 5.56. The molecule has 0 spiro atoms. The molecule has 0 bridgehead atoms. The van der Waals surface area contributed by atoms with Crippen LogP contribution in [0.4, 0.5) is 17.2 Å². The van der Waals surface area contributed by atoms with Gasteiger partial charge in [0.1, 0.15) is 5.82 Å². The topological polar surface area (TPSA) is 71.3 Å². The number of hydrogen-bond donors (Lipinski definition) is 1. The Bertz CT molecular complexity index is 624. The summed E-state index contributed by atoms with van der Waals surface area (Å²) in [5, 5.41) is 14.0. The summed E-state index contributed by atoms with van der Waals surface area (Å²) in [5.74, 6) is 0.599. The van der Waals surface area contributed by atoms with Gasteiger partial charge in [0.15, 0.2) is 5.69 Å². The molecule has 0 unspecified atom stereocenters. The Morgan fingerprint density at radius 2 is 1.80 bits per heavy atom. The van der Waals surface area contributed by atoms with E-state index in [-0.39, 0.29) is 5.69 Å². The molecule has 0 aliphatic rings. The van der Waals surface area contributed by atoms with Gasteiger partial charge in [-0.2, -0.15) is 0 Å². The van der Waals surface area contributed by atoms with Gasteiger partial charge >= 0.3 is 0 Å². The monoisotopic (exact) mass is 272 g/mol. The van der Waals surface area contributed by atoms with E-state index >= 15 is 0 Å². The molecular formula is C14H16N4O2. The number of pyridine rings is 1. The van der Waals surface area contributed by atoms with E-state index in [0.29, 0.717) is 11.5 Å². The quantitative estimate of drug-likeness (QED) is 0.684. The van der Waals surface area contributed by atoms with Crippen LogP contribution in [0, 0.1) is 10.1 Å². The van der Waals surface area contributed by atoms with Crippen LogP contribution in [-0.2, 0) is 0 Å². The van der Waals surface area contributed by atoms with Crippen molar-refractivity contribution in [2.75, 3.05) is 31.4 Å². The molecular weight excluding hydrogens is 256 g/mol. The first-order chi connectivity index (χ1) is 9.52. The lowest BCUT2D eigenvalue weighted by atomic mass is 10.1. The minimum Gasteiger partial charge on any atom is -0.378 e. The summed E-state index contributed by atoms with van der Waals surface area (Å²) in [7, 11) is 5.61. The van der Waals surface area contributed by atoms with E-state index in [9.17, 15) is 10.1 Å². The maximum Gasteiger partial charge on any atom is 0.295 e. The second-order valence-electron chi connectivity index (χ2n) is 4.51. The fraction of sp³-hybridized carbons (Fsp3) is 0.214. The average molecular weight is 272 g/mol. The Morgan fingerprint density at radius 1 is 1.15 bits per heavy atom. The summed E-state index contributed by atoms with van der Waals surface area (Å²) in [6.45, 7) is 0. The number of nitrogens with zero attached hydrogens (tertiary/aromatic N) is 3. The van der Waals surface area contributed by atoms with Gasteiger partial charge in [0.2, 0.25) is 0 Å². The van der Waals surface area contributed by atoms with Crippen molar-refractivity contribution < 1.29 is 4.92 Å². The summed E-state index contributed by atoms with van der Waals surface area (Å²) in [6.07, 6.45) is 0. The Labute approximate surface area is 117 Å². The summed E-state index contributed by atoms with van der Waals surface area (Å²) < 4.78 is 0. The van der Waals surface area contributed by atoms with Crippen LogP contribution in [0.15, 0.2) is 36.4 Å². The van der Waals surface area contributed by atoms with Crippen molar-refractivity contribution >= 4 is 17.2 Å². The van der Waals surface area contributed by atoms with Gasteiger partial charge in [-0.25, -0.2) is 4.98 Å². The molecule has 1 N–H and O–H groups in total. The van der Waals surface area contributed by atoms with E-state index < -0.39 is 4.92 Å². The fourth-order valence-electron chi connectivity index (χ4n) is 1.87. The van der Waals surface area contributed by atoms with E-state index in [2.05, 4.69) is 10.3 Å². The molecule has 20 heavy (non-hydrogen) atoms. The predicted molar refractivity (Wildman–Crippen MR) is 80.2 cm³/mol. The van der Waals surface area contributed by atoms with Crippen molar-refractivity contribution in [1.29, 1.82) is 0 Å². The van der Waals surface area contributed by atoms with E-state index in [4.69, 9.17) is 0 Å². The van der Waals surface area contributed by atoms with Crippen LogP contribution >= 0.6 is 0 Å². The van der Waals surface area contributed by atoms with Gasteiger partial charge in [-0.3, -0.25) is 10.1 Å². The molecule has 2 rings (SSSR count). The molecule has 104 valence electrons. The van der Waals surface area contributed by atoms with E-state index in [1.807, 2.05) is 43.3 Å². The van der Waals surface area contributed by atoms with Crippen LogP contribution in [0.5, 0.6) is 0 Å². The number of benzene rings is 1. The molecule has 0 saturated carbocycles. The first-order valence-electron chi connectivity index (χ1n) is 6.14. The zero-order valence-corrected chi connectivity index (χ0v) is 11.6. The first-order valence-corrected chi connectivity index (χ1v) is 6.14. The largest absolute Gasteiger partial charge is 0.378 e. The molecule has 0 saturated heterocycles. The van der Waals surface area contributed by atoms with Crippen molar-refractivity contribution in [3.05, 3.63) is 46.5 Å². The minimum absolute atomic E-state index is 0.00148. The molecule has 0 aliphatic carbocycles. The fourth-order valence-corrected chi connectivity index (χ4v) is 1.87. The lowest BCUT2D eigenvalue weighted by molar-refractivity contribution is -0.384. The van der Waals surface area contributed by atoms with Gasteiger partial charge in [0, 0.05) is 38.5 Å². The average Bonchev–Trinajstić information content (AvgIpc) is 2.46. The first kappa shape index (κ1) is 13.8. The highest BCUT2D eigenvalue weighted by Gasteiger charge is 2.17. The third kappa shape index (κ3) is 2.69. The van der Waals surface area contributed by atoms with Crippen molar-refractivity contribution in [3.63, 3.8) is 0 Å². The highest BCUT2D eigenvalue weighted by Crippen LogP contribution is 2.30. The Hall–Kier alpha value is -2.63. The van der Waals surface area contributed by atoms with Crippen LogP contribution in [0.1, 0.15) is 0 Å². The van der Waals surface area contributed by atoms with Crippen LogP contribution < -0.4 is 10.2 Å². The molecule has 0 aliphatic heterocycles. The number of aromatic nitrogens is 1. The van der Waals surface area contributed by atoms with Crippen molar-refractivity contribution in [1.82, 2.24) is 4.98 Å². The van der Waals surface area contributed by atoms with Crippen LogP contribution in [0.3, 0.4) is 0 Å². The second-order valence-corrected chi connectivity index (χ2v) is 4.51. The maximum absolute atomic E-state index is 11.1. The van der Waals surface area contributed by atoms with Gasteiger partial charge < -0.3 is 10.2 Å². The van der Waals surface area contributed by atoms with Gasteiger partial charge in [-0.15, -0.1) is 0 Å². The summed E-state index contributed by atoms with van der Waals surface area (Å²) in [6, 6.07) is 10.6. The number of nitrogens with one attached hydrogen (secondary N) is 1. The predicted octanol–water partition coefficient (Wildman–Crippen LogP) is 2.76. The van der Waals surface area contributed by atoms with Crippen molar-refractivity contribution in [2.24, 2.45) is 0 Å². The van der Waals surface area contributed by atoms with Gasteiger partial charge in [-0.05, 0) is 18.2 Å². The molecule has 1 aromatic heterocycles. The lowest BCUT2D eigenvalue weighted by Gasteiger charge is -2.12. The highest BCUT2D eigenvalue weighted by molar-refractivity contribution is 5.72. The van der Waals surface area contributed by atoms with Crippen molar-refractivity contribution in [2.45, 2.75) is 0 Å². The van der Waals surface area contributed by atoms with Gasteiger partial charge in [-0.1, -0.05) is 12.1 Å². The zero-order valence-electron chi connectivity index (χ0n) is 11.6. The number of anilines is 2. The van der Waals surface area contributed by atoms with E-state index in [1.54, 1.807) is 13.1 Å². The third-order valence-corrected chi connectivity index (χ3v) is 2.98. The number of nitro groups is 1. The molecule has 6 heteroatoms. The number of rotatable bonds is 4. The van der Waals surface area contributed by atoms with Crippen LogP contribution in [0.25, 0.3) is 11.3 Å². The van der Waals surface area contributed by atoms with E-state index in [1.165, 1.54) is 6.07 Å². The molecule has 6 nitrogen and oxygen atoms in total. The smallest absolute Gasteiger partial charge is 0.295 e. The van der Waals surface area contributed by atoms with Gasteiger partial charge in [0.05, 0.1) is 4.92 Å². The Morgan fingerprint density at radius 3 is 2.30 bits per heavy atom. The summed E-state index contributed by atoms with van der Waals surface area (Å²) >= 11 is 0. The Balaban J connectivity index is 2.52. The normalized spacial score (nSPS) is 10.2. The number of hydrogen-bond acceptors (Lipinski definition) is 5. The molecule has 1 heterocycles. The molecule has 1 aromatic carbocycles. The molecule has 0 amide bonds. The SMILES string of the molecule is CNc1ccc([N+](=O)[O-])c(-c2ccc(N(C)C)cc2)n1. The lowest BCUT2D eigenvalue weighted by Crippen LogP contribution is -2.08. The third-order valence-electron chi connectivity index (χ3n) is 2.98. The molecule has 0 fully saturated rings. The standard InChI is InChI=1S/C14H16N4O2/c1-15-13-9-8-12(18(19)20)14(16-13)10-4-6-11(7-5-10)17(2)3/h4-9H,1-3H3,(H,15,16). The van der Waals surface area contributed by atoms with Crippen LogP contribution in [-0.4, -0.2) is 31.1 Å².